The van der Waals surface area contributed by atoms with E-state index in [0.717, 1.165) is 17.4 Å². The third kappa shape index (κ3) is 4.91. The Bertz CT molecular complexity index is 1290. The molecule has 3 aliphatic rings. The second kappa shape index (κ2) is 10.9. The van der Waals surface area contributed by atoms with Gasteiger partial charge in [-0.05, 0) is 84.2 Å². The average molecular weight is 525 g/mol. The summed E-state index contributed by atoms with van der Waals surface area (Å²) in [4.78, 5) is 0. The lowest BCUT2D eigenvalue weighted by molar-refractivity contribution is -0.659. The summed E-state index contributed by atoms with van der Waals surface area (Å²) < 4.78 is 2.42. The van der Waals surface area contributed by atoms with Crippen molar-refractivity contribution in [2.24, 2.45) is 7.05 Å². The predicted molar refractivity (Wildman–Crippen MR) is 166 cm³/mol. The molecule has 2 heteroatoms. The fourth-order valence-corrected chi connectivity index (χ4v) is 11.9. The SMILES string of the molecule is Cc1c(-c2c3ccc([Si](C)(C)C4CCCC4)cc3cc[n+]2C)cc(C2CCCCC2)cc1C1CCCCC1. The van der Waals surface area contributed by atoms with Crippen LogP contribution in [-0.4, -0.2) is 8.07 Å². The van der Waals surface area contributed by atoms with Crippen LogP contribution < -0.4 is 9.75 Å². The van der Waals surface area contributed by atoms with Gasteiger partial charge in [0.05, 0.1) is 19.0 Å². The number of hydrogen-bond acceptors (Lipinski definition) is 0. The van der Waals surface area contributed by atoms with E-state index < -0.39 is 8.07 Å². The number of aromatic nitrogens is 1. The number of rotatable bonds is 5. The van der Waals surface area contributed by atoms with Crippen LogP contribution in [0.3, 0.4) is 0 Å². The van der Waals surface area contributed by atoms with Gasteiger partial charge in [0.25, 0.3) is 0 Å². The highest BCUT2D eigenvalue weighted by Crippen LogP contribution is 2.43. The minimum atomic E-state index is -1.45. The second-order valence-electron chi connectivity index (χ2n) is 13.7. The molecular formula is C36H50NSi+. The van der Waals surface area contributed by atoms with Crippen LogP contribution >= 0.6 is 0 Å². The van der Waals surface area contributed by atoms with E-state index in [1.54, 1.807) is 21.9 Å². The Kier molecular flexibility index (Phi) is 7.55. The molecule has 0 aliphatic heterocycles. The third-order valence-electron chi connectivity index (χ3n) is 11.1. The fraction of sp³-hybridized carbons (Fsp3) is 0.583. The van der Waals surface area contributed by atoms with Crippen LogP contribution in [0.5, 0.6) is 0 Å². The number of benzene rings is 2. The van der Waals surface area contributed by atoms with Crippen LogP contribution in [0.1, 0.15) is 118 Å². The maximum atomic E-state index is 2.67. The second-order valence-corrected chi connectivity index (χ2v) is 18.6. The molecule has 0 N–H and O–H groups in total. The maximum Gasteiger partial charge on any atom is 0.220 e. The van der Waals surface area contributed by atoms with Crippen LogP contribution in [0, 0.1) is 6.92 Å². The topological polar surface area (TPSA) is 3.88 Å². The Hall–Kier alpha value is -1.93. The molecule has 202 valence electrons. The van der Waals surface area contributed by atoms with Crippen molar-refractivity contribution >= 4 is 24.0 Å². The molecule has 0 spiro atoms. The standard InChI is InChI=1S/C36H50NSi/c1-26-34(28-15-9-6-10-16-28)24-30(27-13-7-5-8-14-27)25-35(26)36-33-20-19-32(23-29(33)21-22-37(36)2)38(3,4)31-17-11-12-18-31/h19-25,27-28,31H,5-18H2,1-4H3/q+1. The maximum absolute atomic E-state index is 2.67. The first-order valence-corrected chi connectivity index (χ1v) is 19.1. The molecule has 3 saturated carbocycles. The third-order valence-corrected chi connectivity index (χ3v) is 15.5. The molecule has 3 aliphatic carbocycles. The summed E-state index contributed by atoms with van der Waals surface area (Å²) in [7, 11) is 0.816. The molecule has 0 radical (unpaired) electrons. The molecule has 0 unspecified atom stereocenters. The quantitative estimate of drug-likeness (QED) is 0.231. The van der Waals surface area contributed by atoms with Gasteiger partial charge in [-0.15, -0.1) is 0 Å². The predicted octanol–water partition coefficient (Wildman–Crippen LogP) is 9.59. The van der Waals surface area contributed by atoms with E-state index in [1.165, 1.54) is 112 Å². The molecule has 38 heavy (non-hydrogen) atoms. The molecular weight excluding hydrogens is 474 g/mol. The van der Waals surface area contributed by atoms with Gasteiger partial charge in [-0.2, -0.15) is 0 Å². The number of fused-ring (bicyclic) bond motifs is 1. The summed E-state index contributed by atoms with van der Waals surface area (Å²) in [5.41, 5.74) is 8.74. The largest absolute Gasteiger partial charge is 0.220 e. The van der Waals surface area contributed by atoms with Gasteiger partial charge in [0.1, 0.15) is 7.05 Å². The van der Waals surface area contributed by atoms with Crippen LogP contribution in [0.4, 0.5) is 0 Å². The van der Waals surface area contributed by atoms with E-state index in [-0.39, 0.29) is 0 Å². The Balaban J connectivity index is 1.49. The zero-order chi connectivity index (χ0) is 26.3. The molecule has 2 aromatic carbocycles. The van der Waals surface area contributed by atoms with Crippen LogP contribution in [0.2, 0.25) is 18.6 Å². The van der Waals surface area contributed by atoms with E-state index >= 15 is 0 Å². The Labute approximate surface area is 233 Å². The van der Waals surface area contributed by atoms with Gasteiger partial charge in [0.15, 0.2) is 6.20 Å². The monoisotopic (exact) mass is 524 g/mol. The number of nitrogens with zero attached hydrogens (tertiary/aromatic N) is 1. The zero-order valence-corrected chi connectivity index (χ0v) is 25.6. The zero-order valence-electron chi connectivity index (χ0n) is 24.6. The summed E-state index contributed by atoms with van der Waals surface area (Å²) in [6, 6.07) is 15.3. The van der Waals surface area contributed by atoms with Gasteiger partial charge in [0, 0.05) is 6.07 Å². The van der Waals surface area contributed by atoms with Crippen molar-refractivity contribution in [3.05, 3.63) is 59.3 Å². The lowest BCUT2D eigenvalue weighted by Crippen LogP contribution is -2.45. The van der Waals surface area contributed by atoms with E-state index in [2.05, 4.69) is 74.2 Å². The van der Waals surface area contributed by atoms with Gasteiger partial charge in [-0.25, -0.2) is 4.57 Å². The highest BCUT2D eigenvalue weighted by molar-refractivity contribution is 6.91. The van der Waals surface area contributed by atoms with Crippen molar-refractivity contribution in [1.29, 1.82) is 0 Å². The molecule has 3 aromatic rings. The molecule has 0 atom stereocenters. The first-order chi connectivity index (χ1) is 18.4. The summed E-state index contributed by atoms with van der Waals surface area (Å²) >= 11 is 0. The van der Waals surface area contributed by atoms with Gasteiger partial charge in [0.2, 0.25) is 5.69 Å². The van der Waals surface area contributed by atoms with E-state index in [9.17, 15) is 0 Å². The molecule has 3 fully saturated rings. The van der Waals surface area contributed by atoms with Crippen molar-refractivity contribution in [2.75, 3.05) is 0 Å². The first kappa shape index (κ1) is 26.3. The highest BCUT2D eigenvalue weighted by Gasteiger charge is 2.36. The van der Waals surface area contributed by atoms with Gasteiger partial charge < -0.3 is 0 Å². The lowest BCUT2D eigenvalue weighted by atomic mass is 9.76. The summed E-state index contributed by atoms with van der Waals surface area (Å²) in [6.07, 6.45) is 22.1. The van der Waals surface area contributed by atoms with Crippen molar-refractivity contribution in [3.8, 4) is 11.3 Å². The Morgan fingerprint density at radius 1 is 0.711 bits per heavy atom. The van der Waals surface area contributed by atoms with E-state index in [1.807, 2.05) is 0 Å². The molecule has 0 bridgehead atoms. The smallest absolute Gasteiger partial charge is 0.200 e. The van der Waals surface area contributed by atoms with Crippen LogP contribution in [0.15, 0.2) is 42.6 Å². The van der Waals surface area contributed by atoms with Gasteiger partial charge in [-0.3, -0.25) is 0 Å². The van der Waals surface area contributed by atoms with Crippen molar-refractivity contribution < 1.29 is 4.57 Å². The molecule has 1 heterocycles. The Morgan fingerprint density at radius 3 is 2.03 bits per heavy atom. The lowest BCUT2D eigenvalue weighted by Gasteiger charge is -2.30. The summed E-state index contributed by atoms with van der Waals surface area (Å²) in [6.45, 7) is 7.69. The van der Waals surface area contributed by atoms with E-state index in [4.69, 9.17) is 0 Å². The molecule has 0 amide bonds. The minimum absolute atomic E-state index is 0.746. The fourth-order valence-electron chi connectivity index (χ4n) is 8.51. The van der Waals surface area contributed by atoms with Crippen molar-refractivity contribution in [1.82, 2.24) is 0 Å². The molecule has 1 aromatic heterocycles. The Morgan fingerprint density at radius 2 is 1.34 bits per heavy atom. The van der Waals surface area contributed by atoms with Gasteiger partial charge in [-0.1, -0.05) is 101 Å². The first-order valence-electron chi connectivity index (χ1n) is 16.0. The van der Waals surface area contributed by atoms with Crippen molar-refractivity contribution in [2.45, 2.75) is 127 Å². The molecule has 6 rings (SSSR count). The minimum Gasteiger partial charge on any atom is -0.200 e. The van der Waals surface area contributed by atoms with Crippen LogP contribution in [0.25, 0.3) is 22.0 Å². The van der Waals surface area contributed by atoms with Gasteiger partial charge >= 0.3 is 0 Å². The van der Waals surface area contributed by atoms with Crippen LogP contribution in [-0.2, 0) is 7.05 Å². The normalized spacial score (nSPS) is 20.4. The summed E-state index contributed by atoms with van der Waals surface area (Å²) in [5, 5.41) is 4.54. The highest BCUT2D eigenvalue weighted by atomic mass is 28.3. The number of pyridine rings is 1. The molecule has 1 nitrogen and oxygen atoms in total. The average Bonchev–Trinajstić information content (AvgIpc) is 3.50. The molecule has 0 saturated heterocycles. The summed E-state index contributed by atoms with van der Waals surface area (Å²) in [5.74, 6) is 1.49. The van der Waals surface area contributed by atoms with Crippen molar-refractivity contribution in [3.63, 3.8) is 0 Å². The number of hydrogen-bond donors (Lipinski definition) is 0. The number of aryl methyl sites for hydroxylation is 1. The van der Waals surface area contributed by atoms with E-state index in [0.29, 0.717) is 0 Å².